The largest absolute Gasteiger partial charge is 0.481 e. The van der Waals surface area contributed by atoms with E-state index in [4.69, 9.17) is 9.63 Å². The average Bonchev–Trinajstić information content (AvgIpc) is 2.86. The molecule has 2 aromatic heterocycles. The highest BCUT2D eigenvalue weighted by Gasteiger charge is 2.10. The fraction of sp³-hybridized carbons (Fsp3) is 0.300. The summed E-state index contributed by atoms with van der Waals surface area (Å²) in [5.41, 5.74) is 0. The molecule has 2 aromatic rings. The number of carbonyl (C=O) groups is 1. The van der Waals surface area contributed by atoms with Crippen LogP contribution in [0, 0.1) is 0 Å². The van der Waals surface area contributed by atoms with Gasteiger partial charge in [0.1, 0.15) is 0 Å². The summed E-state index contributed by atoms with van der Waals surface area (Å²) in [6.45, 7) is 0. The number of thiophene rings is 1. The van der Waals surface area contributed by atoms with Crippen LogP contribution in [-0.4, -0.2) is 21.2 Å². The van der Waals surface area contributed by atoms with Gasteiger partial charge in [0.25, 0.3) is 0 Å². The first-order chi connectivity index (χ1) is 8.15. The molecule has 0 atom stereocenters. The van der Waals surface area contributed by atoms with Gasteiger partial charge in [-0.1, -0.05) is 5.16 Å². The summed E-state index contributed by atoms with van der Waals surface area (Å²) in [7, 11) is 0. The van der Waals surface area contributed by atoms with Crippen LogP contribution in [-0.2, 0) is 11.2 Å². The second-order valence-electron chi connectivity index (χ2n) is 3.39. The number of hydrogen-bond acceptors (Lipinski definition) is 5. The lowest BCUT2D eigenvalue weighted by Crippen LogP contribution is -1.95. The van der Waals surface area contributed by atoms with E-state index in [0.29, 0.717) is 24.6 Å². The van der Waals surface area contributed by atoms with E-state index in [1.54, 1.807) is 0 Å². The number of hydrogen-bond donors (Lipinski definition) is 1. The van der Waals surface area contributed by atoms with E-state index in [-0.39, 0.29) is 6.42 Å². The fourth-order valence-electron chi connectivity index (χ4n) is 1.28. The Kier molecular flexibility index (Phi) is 3.90. The van der Waals surface area contributed by atoms with E-state index in [0.717, 1.165) is 9.35 Å². The van der Waals surface area contributed by atoms with Crippen LogP contribution in [0.5, 0.6) is 0 Å². The van der Waals surface area contributed by atoms with E-state index >= 15 is 0 Å². The molecule has 90 valence electrons. The van der Waals surface area contributed by atoms with Crippen LogP contribution in [0.1, 0.15) is 18.7 Å². The summed E-state index contributed by atoms with van der Waals surface area (Å²) in [6, 6.07) is 1.91. The van der Waals surface area contributed by atoms with Crippen molar-refractivity contribution < 1.29 is 14.4 Å². The molecule has 0 fully saturated rings. The summed E-state index contributed by atoms with van der Waals surface area (Å²) >= 11 is 4.87. The van der Waals surface area contributed by atoms with Gasteiger partial charge in [0.05, 0.1) is 4.88 Å². The zero-order valence-corrected chi connectivity index (χ0v) is 11.1. The van der Waals surface area contributed by atoms with E-state index < -0.39 is 5.97 Å². The van der Waals surface area contributed by atoms with E-state index in [2.05, 4.69) is 26.1 Å². The van der Waals surface area contributed by atoms with Crippen LogP contribution < -0.4 is 0 Å². The van der Waals surface area contributed by atoms with E-state index in [1.807, 2.05) is 11.4 Å². The molecule has 0 radical (unpaired) electrons. The molecule has 0 saturated carbocycles. The predicted molar refractivity (Wildman–Crippen MR) is 65.9 cm³/mol. The first-order valence-electron chi connectivity index (χ1n) is 4.94. The summed E-state index contributed by atoms with van der Waals surface area (Å²) in [5, 5.41) is 14.3. The van der Waals surface area contributed by atoms with Crippen molar-refractivity contribution in [1.82, 2.24) is 10.1 Å². The minimum atomic E-state index is -0.813. The molecule has 0 bridgehead atoms. The molecule has 1 N–H and O–H groups in total. The third kappa shape index (κ3) is 3.37. The maximum atomic E-state index is 10.3. The number of aromatic nitrogens is 2. The van der Waals surface area contributed by atoms with Gasteiger partial charge in [-0.05, 0) is 28.4 Å². The number of nitrogens with zero attached hydrogens (tertiary/aromatic N) is 2. The quantitative estimate of drug-likeness (QED) is 0.917. The highest BCUT2D eigenvalue weighted by Crippen LogP contribution is 2.27. The number of aliphatic carboxylic acids is 1. The minimum absolute atomic E-state index is 0.113. The second-order valence-corrected chi connectivity index (χ2v) is 5.22. The highest BCUT2D eigenvalue weighted by molar-refractivity contribution is 9.10. The molecule has 0 saturated heterocycles. The number of halogens is 1. The Morgan fingerprint density at radius 3 is 3.06 bits per heavy atom. The third-order valence-electron chi connectivity index (χ3n) is 2.04. The van der Waals surface area contributed by atoms with Crippen molar-refractivity contribution in [3.05, 3.63) is 21.8 Å². The SMILES string of the molecule is O=C(O)CCCc1nc(-c2cc(Br)cs2)no1. The first-order valence-corrected chi connectivity index (χ1v) is 6.61. The molecule has 0 aromatic carbocycles. The molecule has 2 rings (SSSR count). The smallest absolute Gasteiger partial charge is 0.303 e. The van der Waals surface area contributed by atoms with Gasteiger partial charge in [-0.3, -0.25) is 4.79 Å². The third-order valence-corrected chi connectivity index (χ3v) is 3.72. The standard InChI is InChI=1S/C10H9BrN2O3S/c11-6-4-7(17-5-6)10-12-8(16-13-10)2-1-3-9(14)15/h4-5H,1-3H2,(H,14,15). The minimum Gasteiger partial charge on any atom is -0.481 e. The first kappa shape index (κ1) is 12.3. The number of carboxylic acid groups (broad SMARTS) is 1. The van der Waals surface area contributed by atoms with Gasteiger partial charge in [0.2, 0.25) is 11.7 Å². The lowest BCUT2D eigenvalue weighted by Gasteiger charge is -1.90. The summed E-state index contributed by atoms with van der Waals surface area (Å²) < 4.78 is 6.03. The van der Waals surface area contributed by atoms with Crippen molar-refractivity contribution in [3.63, 3.8) is 0 Å². The maximum Gasteiger partial charge on any atom is 0.303 e. The normalized spacial score (nSPS) is 10.6. The zero-order valence-electron chi connectivity index (χ0n) is 8.72. The Morgan fingerprint density at radius 1 is 1.59 bits per heavy atom. The highest BCUT2D eigenvalue weighted by atomic mass is 79.9. The Morgan fingerprint density at radius 2 is 2.41 bits per heavy atom. The Bertz CT molecular complexity index is 523. The van der Waals surface area contributed by atoms with Crippen molar-refractivity contribution >= 4 is 33.2 Å². The number of carboxylic acids is 1. The van der Waals surface area contributed by atoms with Crippen LogP contribution in [0.25, 0.3) is 10.7 Å². The van der Waals surface area contributed by atoms with Crippen LogP contribution in [0.3, 0.4) is 0 Å². The average molecular weight is 317 g/mol. The van der Waals surface area contributed by atoms with Crippen molar-refractivity contribution in [3.8, 4) is 10.7 Å². The lowest BCUT2D eigenvalue weighted by molar-refractivity contribution is -0.137. The van der Waals surface area contributed by atoms with Crippen molar-refractivity contribution in [2.75, 3.05) is 0 Å². The molecule has 2 heterocycles. The van der Waals surface area contributed by atoms with E-state index in [1.165, 1.54) is 11.3 Å². The van der Waals surface area contributed by atoms with E-state index in [9.17, 15) is 4.79 Å². The molecule has 0 amide bonds. The van der Waals surface area contributed by atoms with Gasteiger partial charge < -0.3 is 9.63 Å². The molecule has 0 aliphatic rings. The van der Waals surface area contributed by atoms with Crippen LogP contribution in [0.4, 0.5) is 0 Å². The van der Waals surface area contributed by atoms with Crippen LogP contribution in [0.15, 0.2) is 20.4 Å². The van der Waals surface area contributed by atoms with Gasteiger partial charge >= 0.3 is 5.97 Å². The van der Waals surface area contributed by atoms with Crippen molar-refractivity contribution in [2.45, 2.75) is 19.3 Å². The second kappa shape index (κ2) is 5.42. The molecule has 0 aliphatic carbocycles. The topological polar surface area (TPSA) is 76.2 Å². The number of rotatable bonds is 5. The van der Waals surface area contributed by atoms with Crippen molar-refractivity contribution in [2.24, 2.45) is 0 Å². The molecular formula is C10H9BrN2O3S. The molecule has 17 heavy (non-hydrogen) atoms. The molecule has 0 aliphatic heterocycles. The fourth-order valence-corrected chi connectivity index (χ4v) is 2.63. The van der Waals surface area contributed by atoms with Gasteiger partial charge in [-0.15, -0.1) is 11.3 Å². The summed E-state index contributed by atoms with van der Waals surface area (Å²) in [6.07, 6.45) is 1.11. The van der Waals surface area contributed by atoms with Gasteiger partial charge in [-0.25, -0.2) is 0 Å². The zero-order chi connectivity index (χ0) is 12.3. The Balaban J connectivity index is 1.98. The van der Waals surface area contributed by atoms with Gasteiger partial charge in [0, 0.05) is 22.7 Å². The molecule has 0 unspecified atom stereocenters. The van der Waals surface area contributed by atoms with Crippen molar-refractivity contribution in [1.29, 1.82) is 0 Å². The molecule has 7 heteroatoms. The Labute approximate surface area is 110 Å². The van der Waals surface area contributed by atoms with Crippen LogP contribution in [0.2, 0.25) is 0 Å². The van der Waals surface area contributed by atoms with Gasteiger partial charge in [-0.2, -0.15) is 4.98 Å². The van der Waals surface area contributed by atoms with Gasteiger partial charge in [0.15, 0.2) is 0 Å². The molecule has 0 spiro atoms. The predicted octanol–water partition coefficient (Wildman–Crippen LogP) is 2.97. The molecule has 5 nitrogen and oxygen atoms in total. The summed E-state index contributed by atoms with van der Waals surface area (Å²) in [5.74, 6) is 0.212. The Hall–Kier alpha value is -1.21. The van der Waals surface area contributed by atoms with Crippen LogP contribution >= 0.6 is 27.3 Å². The maximum absolute atomic E-state index is 10.3. The molecular weight excluding hydrogens is 308 g/mol. The monoisotopic (exact) mass is 316 g/mol. The lowest BCUT2D eigenvalue weighted by atomic mass is 10.2. The summed E-state index contributed by atoms with van der Waals surface area (Å²) in [4.78, 5) is 15.5. The number of aryl methyl sites for hydroxylation is 1.